The van der Waals surface area contributed by atoms with Crippen LogP contribution in [0.5, 0.6) is 5.75 Å². The van der Waals surface area contributed by atoms with Gasteiger partial charge in [0, 0.05) is 12.1 Å². The van der Waals surface area contributed by atoms with Crippen molar-refractivity contribution in [2.75, 3.05) is 13.7 Å². The minimum absolute atomic E-state index is 0.00588. The molecular weight excluding hydrogens is 406 g/mol. The zero-order valence-corrected chi connectivity index (χ0v) is 20.5. The second-order valence-electron chi connectivity index (χ2n) is 9.51. The molecule has 3 rings (SSSR count). The van der Waals surface area contributed by atoms with Gasteiger partial charge in [0.25, 0.3) is 5.91 Å². The summed E-state index contributed by atoms with van der Waals surface area (Å²) in [5.41, 5.74) is 2.16. The normalized spacial score (nSPS) is 12.9. The van der Waals surface area contributed by atoms with Crippen LogP contribution in [0.2, 0.25) is 0 Å². The summed E-state index contributed by atoms with van der Waals surface area (Å²) in [7, 11) is 1.66. The lowest BCUT2D eigenvalue weighted by molar-refractivity contribution is 0.0947. The Kier molecular flexibility index (Phi) is 9.80. The number of ether oxygens (including phenoxy) is 1. The van der Waals surface area contributed by atoms with Crippen molar-refractivity contribution in [3.63, 3.8) is 0 Å². The van der Waals surface area contributed by atoms with Gasteiger partial charge < -0.3 is 10.1 Å². The lowest BCUT2D eigenvalue weighted by Gasteiger charge is -2.15. The monoisotopic (exact) mass is 445 g/mol. The molecule has 0 fully saturated rings. The molecule has 0 unspecified atom stereocenters. The third-order valence-corrected chi connectivity index (χ3v) is 6.57. The van der Waals surface area contributed by atoms with E-state index < -0.39 is 0 Å². The van der Waals surface area contributed by atoms with E-state index in [1.807, 2.05) is 36.4 Å². The topological polar surface area (TPSA) is 38.3 Å². The molecule has 0 heterocycles. The number of aryl methyl sites for hydroxylation is 1. The molecule has 176 valence electrons. The first-order valence-corrected chi connectivity index (χ1v) is 12.4. The van der Waals surface area contributed by atoms with Crippen LogP contribution in [0.1, 0.15) is 68.3 Å². The van der Waals surface area contributed by atoms with Crippen molar-refractivity contribution in [2.45, 2.75) is 58.8 Å². The molecular formula is C30H39NO2. The number of benzene rings is 3. The van der Waals surface area contributed by atoms with Crippen molar-refractivity contribution in [3.8, 4) is 5.75 Å². The van der Waals surface area contributed by atoms with Gasteiger partial charge in [0.2, 0.25) is 0 Å². The standard InChI is InChI=1S/C30H39NO2/c1-23(10-7-8-15-25-13-5-4-6-14-25)11-9-12-24(2)22-31-30(32)28-17-16-27-21-29(33-3)19-18-26(27)20-28/h4-6,13-14,16-21,23-24H,7-12,15,22H2,1-3H3,(H,31,32)/t23-,24-/m1/s1. The Balaban J connectivity index is 1.30. The van der Waals surface area contributed by atoms with Gasteiger partial charge in [-0.15, -0.1) is 0 Å². The van der Waals surface area contributed by atoms with Crippen molar-refractivity contribution < 1.29 is 9.53 Å². The number of hydrogen-bond acceptors (Lipinski definition) is 2. The maximum Gasteiger partial charge on any atom is 0.251 e. The van der Waals surface area contributed by atoms with Crippen LogP contribution in [-0.2, 0) is 6.42 Å². The molecule has 3 nitrogen and oxygen atoms in total. The minimum Gasteiger partial charge on any atom is -0.497 e. The van der Waals surface area contributed by atoms with Crippen molar-refractivity contribution in [1.82, 2.24) is 5.32 Å². The van der Waals surface area contributed by atoms with Gasteiger partial charge in [-0.05, 0) is 71.7 Å². The summed E-state index contributed by atoms with van der Waals surface area (Å²) >= 11 is 0. The molecule has 0 aromatic heterocycles. The molecule has 3 aromatic carbocycles. The molecule has 1 N–H and O–H groups in total. The summed E-state index contributed by atoms with van der Waals surface area (Å²) in [6.45, 7) is 5.34. The zero-order chi connectivity index (χ0) is 23.5. The van der Waals surface area contributed by atoms with Gasteiger partial charge in [-0.2, -0.15) is 0 Å². The van der Waals surface area contributed by atoms with Crippen LogP contribution < -0.4 is 10.1 Å². The molecule has 33 heavy (non-hydrogen) atoms. The number of methoxy groups -OCH3 is 1. The van der Waals surface area contributed by atoms with E-state index >= 15 is 0 Å². The number of rotatable bonds is 13. The fraction of sp³-hybridized carbons (Fsp3) is 0.433. The third-order valence-electron chi connectivity index (χ3n) is 6.57. The first kappa shape index (κ1) is 24.8. The van der Waals surface area contributed by atoms with Gasteiger partial charge in [0.05, 0.1) is 7.11 Å². The van der Waals surface area contributed by atoms with E-state index in [2.05, 4.69) is 49.5 Å². The highest BCUT2D eigenvalue weighted by molar-refractivity contribution is 5.98. The quantitative estimate of drug-likeness (QED) is 0.278. The number of fused-ring (bicyclic) bond motifs is 1. The molecule has 0 aliphatic carbocycles. The second-order valence-corrected chi connectivity index (χ2v) is 9.51. The van der Waals surface area contributed by atoms with E-state index in [1.54, 1.807) is 7.11 Å². The van der Waals surface area contributed by atoms with E-state index in [4.69, 9.17) is 4.74 Å². The largest absolute Gasteiger partial charge is 0.497 e. The SMILES string of the molecule is COc1ccc2cc(C(=O)NC[C@H](C)CCC[C@H](C)CCCCc3ccccc3)ccc2c1. The lowest BCUT2D eigenvalue weighted by Crippen LogP contribution is -2.28. The van der Waals surface area contributed by atoms with Crippen LogP contribution in [-0.4, -0.2) is 19.6 Å². The van der Waals surface area contributed by atoms with Crippen LogP contribution in [0.4, 0.5) is 0 Å². The van der Waals surface area contributed by atoms with E-state index in [9.17, 15) is 4.79 Å². The summed E-state index contributed by atoms with van der Waals surface area (Å²) in [4.78, 5) is 12.6. The molecule has 0 bridgehead atoms. The Hall–Kier alpha value is -2.81. The van der Waals surface area contributed by atoms with E-state index in [0.29, 0.717) is 11.5 Å². The van der Waals surface area contributed by atoms with Crippen LogP contribution in [0.15, 0.2) is 66.7 Å². The molecule has 2 atom stereocenters. The number of carbonyl (C=O) groups excluding carboxylic acids is 1. The Morgan fingerprint density at radius 1 is 0.818 bits per heavy atom. The van der Waals surface area contributed by atoms with Gasteiger partial charge in [0.15, 0.2) is 0 Å². The molecule has 3 aromatic rings. The molecule has 0 aliphatic rings. The highest BCUT2D eigenvalue weighted by Gasteiger charge is 2.10. The number of amides is 1. The van der Waals surface area contributed by atoms with Crippen LogP contribution in [0, 0.1) is 11.8 Å². The molecule has 1 amide bonds. The summed E-state index contributed by atoms with van der Waals surface area (Å²) in [5.74, 6) is 2.10. The van der Waals surface area contributed by atoms with Crippen LogP contribution >= 0.6 is 0 Å². The first-order valence-electron chi connectivity index (χ1n) is 12.4. The van der Waals surface area contributed by atoms with Crippen molar-refractivity contribution in [2.24, 2.45) is 11.8 Å². The predicted molar refractivity (Wildman–Crippen MR) is 139 cm³/mol. The maximum absolute atomic E-state index is 12.6. The smallest absolute Gasteiger partial charge is 0.251 e. The fourth-order valence-electron chi connectivity index (χ4n) is 4.39. The van der Waals surface area contributed by atoms with Crippen LogP contribution in [0.25, 0.3) is 10.8 Å². The highest BCUT2D eigenvalue weighted by atomic mass is 16.5. The average Bonchev–Trinajstić information content (AvgIpc) is 2.85. The molecule has 3 heteroatoms. The van der Waals surface area contributed by atoms with E-state index in [0.717, 1.165) is 35.4 Å². The maximum atomic E-state index is 12.6. The van der Waals surface area contributed by atoms with Gasteiger partial charge >= 0.3 is 0 Å². The number of carbonyl (C=O) groups is 1. The third kappa shape index (κ3) is 8.24. The highest BCUT2D eigenvalue weighted by Crippen LogP contribution is 2.22. The van der Waals surface area contributed by atoms with Crippen molar-refractivity contribution in [1.29, 1.82) is 0 Å². The molecule has 0 spiro atoms. The van der Waals surface area contributed by atoms with E-state index in [1.165, 1.54) is 44.1 Å². The van der Waals surface area contributed by atoms with Crippen molar-refractivity contribution in [3.05, 3.63) is 77.9 Å². The molecule has 0 aliphatic heterocycles. The Labute approximate surface area is 199 Å². The minimum atomic E-state index is 0.00588. The lowest BCUT2D eigenvalue weighted by atomic mass is 9.94. The fourth-order valence-corrected chi connectivity index (χ4v) is 4.39. The summed E-state index contributed by atoms with van der Waals surface area (Å²) in [5, 5.41) is 5.25. The van der Waals surface area contributed by atoms with Gasteiger partial charge in [-0.25, -0.2) is 0 Å². The second kappa shape index (κ2) is 13.0. The molecule has 0 radical (unpaired) electrons. The average molecular weight is 446 g/mol. The first-order chi connectivity index (χ1) is 16.0. The zero-order valence-electron chi connectivity index (χ0n) is 20.5. The van der Waals surface area contributed by atoms with Crippen molar-refractivity contribution >= 4 is 16.7 Å². The molecule has 0 saturated heterocycles. The summed E-state index contributed by atoms with van der Waals surface area (Å²) < 4.78 is 5.27. The van der Waals surface area contributed by atoms with Gasteiger partial charge in [-0.1, -0.05) is 82.0 Å². The Morgan fingerprint density at radius 2 is 1.52 bits per heavy atom. The Morgan fingerprint density at radius 3 is 2.30 bits per heavy atom. The molecule has 0 saturated carbocycles. The number of nitrogens with one attached hydrogen (secondary N) is 1. The predicted octanol–water partition coefficient (Wildman–Crippen LogP) is 7.43. The van der Waals surface area contributed by atoms with Gasteiger partial charge in [0.1, 0.15) is 5.75 Å². The van der Waals surface area contributed by atoms with Gasteiger partial charge in [-0.3, -0.25) is 4.79 Å². The van der Waals surface area contributed by atoms with E-state index in [-0.39, 0.29) is 5.91 Å². The number of unbranched alkanes of at least 4 members (excludes halogenated alkanes) is 1. The Bertz CT molecular complexity index is 999. The van der Waals surface area contributed by atoms with Crippen LogP contribution in [0.3, 0.4) is 0 Å². The summed E-state index contributed by atoms with van der Waals surface area (Å²) in [6, 6.07) is 22.5. The summed E-state index contributed by atoms with van der Waals surface area (Å²) in [6.07, 6.45) is 8.75. The number of hydrogen-bond donors (Lipinski definition) is 1.